The Bertz CT molecular complexity index is 398. The summed E-state index contributed by atoms with van der Waals surface area (Å²) in [5.41, 5.74) is 0. The summed E-state index contributed by atoms with van der Waals surface area (Å²) in [6.07, 6.45) is 1.65. The third-order valence-corrected chi connectivity index (χ3v) is 3.77. The lowest BCUT2D eigenvalue weighted by molar-refractivity contribution is -0.110. The Kier molecular flexibility index (Phi) is 4.03. The highest BCUT2D eigenvalue weighted by atomic mass is 32.1. The van der Waals surface area contributed by atoms with Gasteiger partial charge in [-0.25, -0.2) is 4.98 Å². The van der Waals surface area contributed by atoms with Crippen LogP contribution in [0.3, 0.4) is 0 Å². The molecule has 0 spiro atoms. The van der Waals surface area contributed by atoms with E-state index in [4.69, 9.17) is 12.2 Å². The molecule has 17 heavy (non-hydrogen) atoms. The first kappa shape index (κ1) is 12.4. The summed E-state index contributed by atoms with van der Waals surface area (Å²) < 4.78 is 0. The van der Waals surface area contributed by atoms with E-state index in [1.807, 2.05) is 10.3 Å². The highest BCUT2D eigenvalue weighted by molar-refractivity contribution is 7.82. The lowest BCUT2D eigenvalue weighted by Crippen LogP contribution is -2.49. The first-order chi connectivity index (χ1) is 8.16. The van der Waals surface area contributed by atoms with Gasteiger partial charge in [0.15, 0.2) is 10.1 Å². The Hall–Kier alpha value is -1.05. The minimum Gasteiger partial charge on any atom is -0.356 e. The molecule has 1 aliphatic heterocycles. The molecule has 1 aliphatic rings. The number of hydrogen-bond acceptors (Lipinski definition) is 5. The highest BCUT2D eigenvalue weighted by Gasteiger charge is 2.21. The Labute approximate surface area is 109 Å². The molecule has 1 amide bonds. The standard InChI is InChI=1S/C10H14N4OS2/c1-13-3-5-14(6-4-13)9(16)8(15)12-10-11-2-7-17-10/h2,7H,3-6H2,1H3,(H,11,12,15). The maximum absolute atomic E-state index is 11.9. The third kappa shape index (κ3) is 3.21. The number of aromatic nitrogens is 1. The maximum atomic E-state index is 11.9. The van der Waals surface area contributed by atoms with Gasteiger partial charge in [0, 0.05) is 37.8 Å². The number of thiocarbonyl (C=S) groups is 1. The van der Waals surface area contributed by atoms with Crippen LogP contribution in [0.1, 0.15) is 0 Å². The normalized spacial score (nSPS) is 16.9. The van der Waals surface area contributed by atoms with Crippen LogP contribution in [0.2, 0.25) is 0 Å². The molecule has 0 saturated carbocycles. The number of rotatable bonds is 1. The van der Waals surface area contributed by atoms with E-state index in [1.165, 1.54) is 11.3 Å². The number of carbonyl (C=O) groups is 1. The molecule has 0 radical (unpaired) electrons. The van der Waals surface area contributed by atoms with Gasteiger partial charge in [-0.05, 0) is 7.05 Å². The van der Waals surface area contributed by atoms with Gasteiger partial charge >= 0.3 is 0 Å². The van der Waals surface area contributed by atoms with E-state index in [0.717, 1.165) is 26.2 Å². The van der Waals surface area contributed by atoms with Crippen molar-refractivity contribution in [1.82, 2.24) is 14.8 Å². The zero-order valence-electron chi connectivity index (χ0n) is 9.55. The van der Waals surface area contributed by atoms with Crippen molar-refractivity contribution < 1.29 is 4.79 Å². The fraction of sp³-hybridized carbons (Fsp3) is 0.500. The van der Waals surface area contributed by atoms with Crippen LogP contribution in [0, 0.1) is 0 Å². The third-order valence-electron chi connectivity index (χ3n) is 2.64. The molecule has 92 valence electrons. The first-order valence-electron chi connectivity index (χ1n) is 5.35. The number of amides is 1. The number of thiazole rings is 1. The van der Waals surface area contributed by atoms with E-state index in [-0.39, 0.29) is 5.91 Å². The zero-order valence-corrected chi connectivity index (χ0v) is 11.2. The number of carbonyl (C=O) groups excluding carboxylic acids is 1. The zero-order chi connectivity index (χ0) is 12.3. The molecule has 1 fully saturated rings. The predicted molar refractivity (Wildman–Crippen MR) is 72.4 cm³/mol. The van der Waals surface area contributed by atoms with Gasteiger partial charge in [-0.15, -0.1) is 11.3 Å². The maximum Gasteiger partial charge on any atom is 0.285 e. The summed E-state index contributed by atoms with van der Waals surface area (Å²) in [4.78, 5) is 20.4. The lowest BCUT2D eigenvalue weighted by atomic mass is 10.3. The van der Waals surface area contributed by atoms with E-state index in [2.05, 4.69) is 22.2 Å². The molecule has 1 N–H and O–H groups in total. The molecular weight excluding hydrogens is 256 g/mol. The van der Waals surface area contributed by atoms with Crippen molar-refractivity contribution in [1.29, 1.82) is 0 Å². The molecule has 2 heterocycles. The summed E-state index contributed by atoms with van der Waals surface area (Å²) in [5.74, 6) is -0.237. The van der Waals surface area contributed by atoms with E-state index in [0.29, 0.717) is 10.1 Å². The van der Waals surface area contributed by atoms with E-state index in [1.54, 1.807) is 6.20 Å². The molecule has 0 unspecified atom stereocenters. The molecule has 2 rings (SSSR count). The summed E-state index contributed by atoms with van der Waals surface area (Å²) >= 11 is 6.57. The molecule has 0 bridgehead atoms. The second-order valence-electron chi connectivity index (χ2n) is 3.89. The molecule has 7 heteroatoms. The number of likely N-dealkylation sites (N-methyl/N-ethyl adjacent to an activating group) is 1. The van der Waals surface area contributed by atoms with Gasteiger partial charge in [-0.1, -0.05) is 12.2 Å². The first-order valence-corrected chi connectivity index (χ1v) is 6.64. The van der Waals surface area contributed by atoms with Gasteiger partial charge in [0.1, 0.15) is 0 Å². The molecule has 1 aromatic rings. The molecule has 0 aromatic carbocycles. The van der Waals surface area contributed by atoms with Crippen LogP contribution in [0.15, 0.2) is 11.6 Å². The van der Waals surface area contributed by atoms with Crippen LogP contribution in [0.4, 0.5) is 5.13 Å². The summed E-state index contributed by atoms with van der Waals surface area (Å²) in [6.45, 7) is 3.48. The second-order valence-corrected chi connectivity index (χ2v) is 5.17. The average molecular weight is 270 g/mol. The van der Waals surface area contributed by atoms with E-state index >= 15 is 0 Å². The highest BCUT2D eigenvalue weighted by Crippen LogP contribution is 2.11. The predicted octanol–water partition coefficient (Wildman–Crippen LogP) is 0.656. The second kappa shape index (κ2) is 5.52. The van der Waals surface area contributed by atoms with Crippen molar-refractivity contribution in [3.63, 3.8) is 0 Å². The van der Waals surface area contributed by atoms with Gasteiger partial charge in [-0.3, -0.25) is 10.1 Å². The molecule has 1 saturated heterocycles. The van der Waals surface area contributed by atoms with Crippen LogP contribution in [0.25, 0.3) is 0 Å². The summed E-state index contributed by atoms with van der Waals surface area (Å²) in [7, 11) is 2.07. The quantitative estimate of drug-likeness (QED) is 0.760. The molecule has 0 aliphatic carbocycles. The Morgan fingerprint density at radius 3 is 2.76 bits per heavy atom. The summed E-state index contributed by atoms with van der Waals surface area (Å²) in [6, 6.07) is 0. The number of nitrogens with one attached hydrogen (secondary N) is 1. The van der Waals surface area contributed by atoms with Crippen LogP contribution in [-0.2, 0) is 4.79 Å². The van der Waals surface area contributed by atoms with Gasteiger partial charge < -0.3 is 9.80 Å². The van der Waals surface area contributed by atoms with Crippen LogP contribution >= 0.6 is 23.6 Å². The number of nitrogens with zero attached hydrogens (tertiary/aromatic N) is 3. The van der Waals surface area contributed by atoms with Crippen LogP contribution in [0.5, 0.6) is 0 Å². The van der Waals surface area contributed by atoms with Crippen molar-refractivity contribution in [2.45, 2.75) is 0 Å². The van der Waals surface area contributed by atoms with Gasteiger partial charge in [0.25, 0.3) is 5.91 Å². The smallest absolute Gasteiger partial charge is 0.285 e. The number of piperazine rings is 1. The molecule has 5 nitrogen and oxygen atoms in total. The molecular formula is C10H14N4OS2. The topological polar surface area (TPSA) is 48.5 Å². The fourth-order valence-corrected chi connectivity index (χ4v) is 2.35. The van der Waals surface area contributed by atoms with E-state index < -0.39 is 0 Å². The SMILES string of the molecule is CN1CCN(C(=S)C(=O)Nc2nccs2)CC1. The van der Waals surface area contributed by atoms with Crippen molar-refractivity contribution in [3.05, 3.63) is 11.6 Å². The van der Waals surface area contributed by atoms with Gasteiger partial charge in [0.05, 0.1) is 0 Å². The van der Waals surface area contributed by atoms with Crippen molar-refractivity contribution in [2.24, 2.45) is 0 Å². The van der Waals surface area contributed by atoms with Crippen LogP contribution in [-0.4, -0.2) is 58.9 Å². The van der Waals surface area contributed by atoms with Gasteiger partial charge in [-0.2, -0.15) is 0 Å². The largest absolute Gasteiger partial charge is 0.356 e. The Morgan fingerprint density at radius 2 is 2.18 bits per heavy atom. The molecule has 0 atom stereocenters. The monoisotopic (exact) mass is 270 g/mol. The Morgan fingerprint density at radius 1 is 1.47 bits per heavy atom. The minimum atomic E-state index is -0.237. The van der Waals surface area contributed by atoms with Crippen molar-refractivity contribution in [3.8, 4) is 0 Å². The average Bonchev–Trinajstić information content (AvgIpc) is 2.82. The van der Waals surface area contributed by atoms with Crippen LogP contribution < -0.4 is 5.32 Å². The van der Waals surface area contributed by atoms with Gasteiger partial charge in [0.2, 0.25) is 0 Å². The molecule has 1 aromatic heterocycles. The lowest BCUT2D eigenvalue weighted by Gasteiger charge is -2.33. The Balaban J connectivity index is 1.89. The minimum absolute atomic E-state index is 0.237. The number of hydrogen-bond donors (Lipinski definition) is 1. The summed E-state index contributed by atoms with van der Waals surface area (Å²) in [5, 5.41) is 5.11. The number of anilines is 1. The van der Waals surface area contributed by atoms with Crippen molar-refractivity contribution >= 4 is 39.6 Å². The van der Waals surface area contributed by atoms with E-state index in [9.17, 15) is 4.79 Å². The fourth-order valence-electron chi connectivity index (χ4n) is 1.59. The van der Waals surface area contributed by atoms with Crippen molar-refractivity contribution in [2.75, 3.05) is 38.5 Å².